The van der Waals surface area contributed by atoms with Crippen molar-refractivity contribution >= 4 is 6.08 Å². The Bertz CT molecular complexity index is 351. The largest absolute Gasteiger partial charge is 0.115 e. The maximum atomic E-state index is 5.29. The van der Waals surface area contributed by atoms with Crippen molar-refractivity contribution in [1.29, 1.82) is 0 Å². The number of hydrogen-bond donors (Lipinski definition) is 0. The van der Waals surface area contributed by atoms with Crippen molar-refractivity contribution in [2.45, 2.75) is 6.42 Å². The molecule has 0 nitrogen and oxygen atoms in total. The zero-order chi connectivity index (χ0) is 7.68. The van der Waals surface area contributed by atoms with E-state index in [1.165, 1.54) is 11.1 Å². The maximum Gasteiger partial charge on any atom is 0.00677 e. The molecule has 0 amide bonds. The van der Waals surface area contributed by atoms with Crippen molar-refractivity contribution in [1.82, 2.24) is 0 Å². The highest BCUT2D eigenvalue weighted by atomic mass is 14.1. The second-order valence-electron chi connectivity index (χ2n) is 2.69. The van der Waals surface area contributed by atoms with E-state index in [-0.39, 0.29) is 0 Å². The second-order valence-corrected chi connectivity index (χ2v) is 2.69. The van der Waals surface area contributed by atoms with Gasteiger partial charge >= 0.3 is 0 Å². The van der Waals surface area contributed by atoms with Crippen LogP contribution in [0.4, 0.5) is 0 Å². The lowest BCUT2D eigenvalue weighted by Crippen LogP contribution is -1.80. The number of allylic oxidation sites excluding steroid dienone is 1. The van der Waals surface area contributed by atoms with E-state index in [0.29, 0.717) is 0 Å². The molecule has 52 valence electrons. The molecule has 1 aliphatic carbocycles. The Morgan fingerprint density at radius 3 is 2.82 bits per heavy atom. The van der Waals surface area contributed by atoms with Crippen LogP contribution >= 0.6 is 0 Å². The molecular formula is C11H8. The zero-order valence-corrected chi connectivity index (χ0v) is 6.17. The lowest BCUT2D eigenvalue weighted by Gasteiger charge is -1.93. The zero-order valence-electron chi connectivity index (χ0n) is 6.17. The van der Waals surface area contributed by atoms with Gasteiger partial charge in [-0.15, -0.1) is 6.42 Å². The van der Waals surface area contributed by atoms with E-state index in [1.807, 2.05) is 12.1 Å². The minimum absolute atomic E-state index is 0.937. The number of fused-ring (bicyclic) bond motifs is 1. The van der Waals surface area contributed by atoms with Crippen molar-refractivity contribution in [3.63, 3.8) is 0 Å². The van der Waals surface area contributed by atoms with Gasteiger partial charge in [-0.1, -0.05) is 30.2 Å². The van der Waals surface area contributed by atoms with Crippen LogP contribution in [0.3, 0.4) is 0 Å². The van der Waals surface area contributed by atoms with E-state index < -0.39 is 0 Å². The first kappa shape index (κ1) is 6.24. The van der Waals surface area contributed by atoms with Gasteiger partial charge < -0.3 is 0 Å². The van der Waals surface area contributed by atoms with Crippen molar-refractivity contribution < 1.29 is 0 Å². The van der Waals surface area contributed by atoms with Crippen LogP contribution in [-0.2, 0) is 6.42 Å². The lowest BCUT2D eigenvalue weighted by atomic mass is 10.1. The van der Waals surface area contributed by atoms with E-state index in [0.717, 1.165) is 12.0 Å². The molecule has 0 heteroatoms. The molecule has 0 N–H and O–H groups in total. The summed E-state index contributed by atoms with van der Waals surface area (Å²) in [7, 11) is 0. The Morgan fingerprint density at radius 1 is 1.27 bits per heavy atom. The van der Waals surface area contributed by atoms with Crippen LogP contribution in [0.2, 0.25) is 0 Å². The number of benzene rings is 1. The van der Waals surface area contributed by atoms with Crippen LogP contribution in [0, 0.1) is 12.3 Å². The van der Waals surface area contributed by atoms with Gasteiger partial charge in [0.1, 0.15) is 0 Å². The predicted molar refractivity (Wildman–Crippen MR) is 47.0 cm³/mol. The van der Waals surface area contributed by atoms with Crippen LogP contribution in [-0.4, -0.2) is 0 Å². The number of rotatable bonds is 0. The molecule has 0 atom stereocenters. The summed E-state index contributed by atoms with van der Waals surface area (Å²) in [5.41, 5.74) is 3.71. The molecule has 1 aliphatic rings. The third-order valence-corrected chi connectivity index (χ3v) is 1.95. The Morgan fingerprint density at radius 2 is 2.09 bits per heavy atom. The van der Waals surface area contributed by atoms with Crippen molar-refractivity contribution in [2.24, 2.45) is 0 Å². The lowest BCUT2D eigenvalue weighted by molar-refractivity contribution is 1.26. The Balaban J connectivity index is 2.49. The molecule has 0 spiro atoms. The molecule has 2 rings (SSSR count). The van der Waals surface area contributed by atoms with Gasteiger partial charge in [-0.3, -0.25) is 0 Å². The molecule has 0 radical (unpaired) electrons. The summed E-state index contributed by atoms with van der Waals surface area (Å²) in [6, 6.07) is 8.30. The highest BCUT2D eigenvalue weighted by Crippen LogP contribution is 2.23. The smallest absolute Gasteiger partial charge is 0.00677 e. The summed E-state index contributed by atoms with van der Waals surface area (Å²) in [5, 5.41) is 0. The fourth-order valence-electron chi connectivity index (χ4n) is 1.37. The molecule has 0 fully saturated rings. The Hall–Kier alpha value is -1.48. The molecule has 1 aromatic rings. The van der Waals surface area contributed by atoms with E-state index in [9.17, 15) is 0 Å². The van der Waals surface area contributed by atoms with Crippen molar-refractivity contribution in [2.75, 3.05) is 0 Å². The van der Waals surface area contributed by atoms with E-state index >= 15 is 0 Å². The van der Waals surface area contributed by atoms with Crippen LogP contribution in [0.15, 0.2) is 29.8 Å². The summed E-state index contributed by atoms with van der Waals surface area (Å²) in [4.78, 5) is 0. The fourth-order valence-corrected chi connectivity index (χ4v) is 1.37. The fraction of sp³-hybridized carbons (Fsp3) is 0.0909. The molecule has 0 unspecified atom stereocenters. The molecule has 0 aliphatic heterocycles. The van der Waals surface area contributed by atoms with Gasteiger partial charge in [0.2, 0.25) is 0 Å². The SMILES string of the molecule is C#CC1=Cc2ccccc2C1. The normalized spacial score (nSPS) is 13.5. The molecule has 0 bridgehead atoms. The summed E-state index contributed by atoms with van der Waals surface area (Å²) in [6.07, 6.45) is 8.31. The summed E-state index contributed by atoms with van der Waals surface area (Å²) in [5.74, 6) is 2.67. The van der Waals surface area contributed by atoms with Gasteiger partial charge in [0.05, 0.1) is 0 Å². The third-order valence-electron chi connectivity index (χ3n) is 1.95. The molecule has 0 aromatic heterocycles. The van der Waals surface area contributed by atoms with Gasteiger partial charge in [-0.2, -0.15) is 0 Å². The first-order chi connectivity index (χ1) is 5.40. The monoisotopic (exact) mass is 140 g/mol. The maximum absolute atomic E-state index is 5.29. The molecule has 0 saturated heterocycles. The van der Waals surface area contributed by atoms with Gasteiger partial charge in [0.15, 0.2) is 0 Å². The van der Waals surface area contributed by atoms with Gasteiger partial charge in [0, 0.05) is 12.0 Å². The van der Waals surface area contributed by atoms with Gasteiger partial charge in [0.25, 0.3) is 0 Å². The van der Waals surface area contributed by atoms with E-state index in [2.05, 4.69) is 24.1 Å². The molecular weight excluding hydrogens is 132 g/mol. The minimum atomic E-state index is 0.937. The van der Waals surface area contributed by atoms with Crippen molar-refractivity contribution in [3.05, 3.63) is 41.0 Å². The number of terminal acetylenes is 1. The highest BCUT2D eigenvalue weighted by Gasteiger charge is 2.08. The van der Waals surface area contributed by atoms with Crippen LogP contribution in [0.25, 0.3) is 6.08 Å². The molecule has 1 aromatic carbocycles. The third kappa shape index (κ3) is 0.951. The van der Waals surface area contributed by atoms with Crippen LogP contribution in [0.1, 0.15) is 11.1 Å². The van der Waals surface area contributed by atoms with E-state index in [4.69, 9.17) is 6.42 Å². The van der Waals surface area contributed by atoms with Gasteiger partial charge in [-0.25, -0.2) is 0 Å². The average Bonchev–Trinajstić information content (AvgIpc) is 2.46. The molecule has 0 saturated carbocycles. The highest BCUT2D eigenvalue weighted by molar-refractivity contribution is 5.67. The topological polar surface area (TPSA) is 0 Å². The first-order valence-corrected chi connectivity index (χ1v) is 3.65. The summed E-state index contributed by atoms with van der Waals surface area (Å²) >= 11 is 0. The van der Waals surface area contributed by atoms with Crippen LogP contribution < -0.4 is 0 Å². The van der Waals surface area contributed by atoms with E-state index in [1.54, 1.807) is 0 Å². The quantitative estimate of drug-likeness (QED) is 0.485. The Labute approximate surface area is 66.6 Å². The Kier molecular flexibility index (Phi) is 1.30. The molecule has 11 heavy (non-hydrogen) atoms. The number of hydrogen-bond acceptors (Lipinski definition) is 0. The standard InChI is InChI=1S/C11H8/c1-2-9-7-10-5-3-4-6-11(10)8-9/h1,3-7H,8H2. The second kappa shape index (κ2) is 2.29. The molecule has 0 heterocycles. The van der Waals surface area contributed by atoms with Crippen LogP contribution in [0.5, 0.6) is 0 Å². The summed E-state index contributed by atoms with van der Waals surface area (Å²) in [6.45, 7) is 0. The predicted octanol–water partition coefficient (Wildman–Crippen LogP) is 2.26. The average molecular weight is 140 g/mol. The first-order valence-electron chi connectivity index (χ1n) is 3.65. The van der Waals surface area contributed by atoms with Gasteiger partial charge in [-0.05, 0) is 17.2 Å². The minimum Gasteiger partial charge on any atom is -0.115 e. The van der Waals surface area contributed by atoms with Crippen molar-refractivity contribution in [3.8, 4) is 12.3 Å². The summed E-state index contributed by atoms with van der Waals surface area (Å²) < 4.78 is 0.